The summed E-state index contributed by atoms with van der Waals surface area (Å²) in [6.07, 6.45) is 5.29. The molecule has 9 nitrogen and oxygen atoms in total. The van der Waals surface area contributed by atoms with Crippen molar-refractivity contribution in [2.75, 3.05) is 18.5 Å². The zero-order valence-corrected chi connectivity index (χ0v) is 21.8. The monoisotopic (exact) mass is 503 g/mol. The first-order valence-electron chi connectivity index (χ1n) is 13.2. The van der Waals surface area contributed by atoms with Gasteiger partial charge in [0.05, 0.1) is 23.0 Å². The third-order valence-electron chi connectivity index (χ3n) is 7.53. The second kappa shape index (κ2) is 9.72. The number of urea groups is 1. The first-order valence-corrected chi connectivity index (χ1v) is 13.2. The number of hydrogen-bond acceptors (Lipinski definition) is 5. The van der Waals surface area contributed by atoms with Crippen molar-refractivity contribution < 1.29 is 14.4 Å². The van der Waals surface area contributed by atoms with Gasteiger partial charge in [-0.25, -0.2) is 14.6 Å². The molecular formula is C28H35N6O3+. The number of nitrogens with two attached hydrogens (primary N) is 1. The van der Waals surface area contributed by atoms with Crippen LogP contribution in [0, 0.1) is 0 Å². The highest BCUT2D eigenvalue weighted by Crippen LogP contribution is 2.47. The molecule has 9 heteroatoms. The molecule has 3 atom stereocenters. The van der Waals surface area contributed by atoms with Crippen molar-refractivity contribution in [2.24, 2.45) is 10.7 Å². The SMILES string of the molecule is CCCCCCCCN1C(=O)N2C3N=C(c4ccccc4)c4c1cccc4[N@+](C)(C3=O)N2C(=O)[C@H](C)N. The van der Waals surface area contributed by atoms with E-state index in [1.165, 1.54) is 29.4 Å². The quantitative estimate of drug-likeness (QED) is 0.414. The molecule has 194 valence electrons. The minimum atomic E-state index is -1.18. The van der Waals surface area contributed by atoms with Crippen LogP contribution in [-0.2, 0) is 9.59 Å². The van der Waals surface area contributed by atoms with Gasteiger partial charge in [0.2, 0.25) is 0 Å². The van der Waals surface area contributed by atoms with Gasteiger partial charge in [0.25, 0.3) is 6.17 Å². The normalized spacial score (nSPS) is 22.8. The Morgan fingerprint density at radius 1 is 1.03 bits per heavy atom. The van der Waals surface area contributed by atoms with E-state index in [9.17, 15) is 14.4 Å². The number of amides is 4. The van der Waals surface area contributed by atoms with Crippen molar-refractivity contribution >= 4 is 34.9 Å². The summed E-state index contributed by atoms with van der Waals surface area (Å²) >= 11 is 0. The van der Waals surface area contributed by atoms with Gasteiger partial charge in [-0.15, -0.1) is 9.60 Å². The number of benzene rings is 2. The Kier molecular flexibility index (Phi) is 6.59. The molecule has 0 aliphatic carbocycles. The standard InChI is InChI=1S/C28H35N6O3/c1-4-5-6-7-8-12-18-31-21-16-13-17-22-23(21)24(20-14-10-9-11-15-20)30-25-27(36)34(22,3)33(26(35)19(2)29)32(25)28(31)37/h9-11,13-17,19,25H,4-8,12,18,29H2,1-3H3/q+1/t19-,25?,34+/m0/s1. The number of hydrogen-bond donors (Lipinski definition) is 1. The van der Waals surface area contributed by atoms with E-state index in [1.807, 2.05) is 48.5 Å². The van der Waals surface area contributed by atoms with Gasteiger partial charge < -0.3 is 5.73 Å². The van der Waals surface area contributed by atoms with Gasteiger partial charge in [-0.3, -0.25) is 9.69 Å². The van der Waals surface area contributed by atoms with Gasteiger partial charge in [-0.05, 0) is 19.4 Å². The minimum Gasteiger partial charge on any atom is -0.320 e. The highest BCUT2D eigenvalue weighted by Gasteiger charge is 2.67. The third kappa shape index (κ3) is 3.84. The molecule has 2 aromatic rings. The Balaban J connectivity index is 1.69. The molecule has 1 saturated heterocycles. The molecule has 0 saturated carbocycles. The molecule has 0 aromatic heterocycles. The van der Waals surface area contributed by atoms with Gasteiger partial charge in [0.15, 0.2) is 5.69 Å². The van der Waals surface area contributed by atoms with Crippen LogP contribution >= 0.6 is 0 Å². The summed E-state index contributed by atoms with van der Waals surface area (Å²) < 4.78 is -0.509. The fraction of sp³-hybridized carbons (Fsp3) is 0.429. The van der Waals surface area contributed by atoms with Crippen LogP contribution in [0.1, 0.15) is 63.5 Å². The van der Waals surface area contributed by atoms with Gasteiger partial charge in [0, 0.05) is 18.2 Å². The van der Waals surface area contributed by atoms with Crippen molar-refractivity contribution in [3.8, 4) is 0 Å². The molecule has 1 fully saturated rings. The van der Waals surface area contributed by atoms with Gasteiger partial charge >= 0.3 is 17.8 Å². The summed E-state index contributed by atoms with van der Waals surface area (Å²) in [6, 6.07) is 14.0. The number of aliphatic imine (C=N–C) groups is 1. The molecule has 37 heavy (non-hydrogen) atoms. The van der Waals surface area contributed by atoms with E-state index in [4.69, 9.17) is 10.7 Å². The van der Waals surface area contributed by atoms with Gasteiger partial charge in [0.1, 0.15) is 7.05 Å². The second-order valence-corrected chi connectivity index (χ2v) is 10.1. The Morgan fingerprint density at radius 2 is 1.73 bits per heavy atom. The van der Waals surface area contributed by atoms with Gasteiger partial charge in [-0.1, -0.05) is 80.5 Å². The number of rotatable bonds is 9. The molecule has 2 N–H and O–H groups in total. The van der Waals surface area contributed by atoms with E-state index in [1.54, 1.807) is 18.9 Å². The molecule has 0 radical (unpaired) electrons. The van der Waals surface area contributed by atoms with Crippen LogP contribution in [0.15, 0.2) is 53.5 Å². The second-order valence-electron chi connectivity index (χ2n) is 10.1. The molecule has 6 bridgehead atoms. The van der Waals surface area contributed by atoms with Crippen LogP contribution in [0.25, 0.3) is 0 Å². The zero-order chi connectivity index (χ0) is 26.3. The van der Waals surface area contributed by atoms with E-state index >= 15 is 0 Å². The molecule has 0 spiro atoms. The minimum absolute atomic E-state index is 0.368. The average molecular weight is 504 g/mol. The lowest BCUT2D eigenvalue weighted by molar-refractivity contribution is -0.166. The topological polar surface area (TPSA) is 99.3 Å². The number of quaternary nitrogens is 1. The molecule has 1 unspecified atom stereocenters. The Labute approximate surface area is 217 Å². The highest BCUT2D eigenvalue weighted by atomic mass is 16.3. The van der Waals surface area contributed by atoms with Crippen molar-refractivity contribution in [3.05, 3.63) is 59.7 Å². The van der Waals surface area contributed by atoms with E-state index < -0.39 is 28.7 Å². The summed E-state index contributed by atoms with van der Waals surface area (Å²) in [5.74, 6) is -0.879. The fourth-order valence-electron chi connectivity index (χ4n) is 5.57. The predicted molar refractivity (Wildman–Crippen MR) is 143 cm³/mol. The smallest absolute Gasteiger partial charge is 0.320 e. The summed E-state index contributed by atoms with van der Waals surface area (Å²) in [6.45, 7) is 4.23. The number of carbonyl (C=O) groups excluding carboxylic acids is 3. The number of nitrogens with zero attached hydrogens (tertiary/aromatic N) is 5. The maximum atomic E-state index is 14.2. The molecule has 4 aliphatic heterocycles. The molecule has 6 rings (SSSR count). The summed E-state index contributed by atoms with van der Waals surface area (Å²) in [7, 11) is 1.65. The van der Waals surface area contributed by atoms with Crippen molar-refractivity contribution in [1.82, 2.24) is 14.7 Å². The summed E-state index contributed by atoms with van der Waals surface area (Å²) in [5.41, 5.74) is 9.53. The van der Waals surface area contributed by atoms with E-state index in [0.29, 0.717) is 29.2 Å². The Morgan fingerprint density at radius 3 is 2.43 bits per heavy atom. The zero-order valence-electron chi connectivity index (χ0n) is 21.8. The van der Waals surface area contributed by atoms with E-state index in [-0.39, 0.29) is 5.91 Å². The number of hydrazine groups is 1. The largest absolute Gasteiger partial charge is 0.391 e. The first-order chi connectivity index (χ1) is 17.8. The van der Waals surface area contributed by atoms with Crippen LogP contribution in [0.4, 0.5) is 16.2 Å². The molecule has 4 heterocycles. The molecular weight excluding hydrogens is 468 g/mol. The lowest BCUT2D eigenvalue weighted by Gasteiger charge is -2.42. The average Bonchev–Trinajstić information content (AvgIpc) is 3.06. The van der Waals surface area contributed by atoms with Crippen molar-refractivity contribution in [3.63, 3.8) is 0 Å². The van der Waals surface area contributed by atoms with Gasteiger partial charge in [-0.2, -0.15) is 0 Å². The van der Waals surface area contributed by atoms with Crippen LogP contribution in [0.2, 0.25) is 0 Å². The van der Waals surface area contributed by atoms with Crippen LogP contribution in [0.3, 0.4) is 0 Å². The summed E-state index contributed by atoms with van der Waals surface area (Å²) in [4.78, 5) is 48.3. The lowest BCUT2D eigenvalue weighted by atomic mass is 9.96. The third-order valence-corrected chi connectivity index (χ3v) is 7.53. The van der Waals surface area contributed by atoms with Crippen LogP contribution < -0.4 is 15.2 Å². The number of carbonyl (C=O) groups is 3. The molecule has 4 amide bonds. The van der Waals surface area contributed by atoms with Crippen molar-refractivity contribution in [2.45, 2.75) is 64.6 Å². The molecule has 4 aliphatic rings. The highest BCUT2D eigenvalue weighted by molar-refractivity contribution is 6.25. The molecule has 2 aromatic carbocycles. The Bertz CT molecular complexity index is 1260. The predicted octanol–water partition coefficient (Wildman–Crippen LogP) is 3.95. The maximum Gasteiger partial charge on any atom is 0.391 e. The van der Waals surface area contributed by atoms with Crippen molar-refractivity contribution in [1.29, 1.82) is 0 Å². The number of likely N-dealkylation sites (N-methyl/N-ethyl adjacent to an activating group) is 1. The number of fused-ring (bicyclic) bond motifs is 1. The number of anilines is 1. The first kappa shape index (κ1) is 25.1. The van der Waals surface area contributed by atoms with Crippen LogP contribution in [0.5, 0.6) is 0 Å². The maximum absolute atomic E-state index is 14.2. The van der Waals surface area contributed by atoms with E-state index in [0.717, 1.165) is 24.8 Å². The Hall–Kier alpha value is -3.56. The fourth-order valence-corrected chi connectivity index (χ4v) is 5.57. The lowest BCUT2D eigenvalue weighted by Crippen LogP contribution is -2.68. The summed E-state index contributed by atoms with van der Waals surface area (Å²) in [5, 5.41) is 2.46. The number of unbranched alkanes of at least 4 members (excludes halogenated alkanes) is 5. The van der Waals surface area contributed by atoms with Crippen LogP contribution in [-0.4, -0.2) is 59.5 Å². The van der Waals surface area contributed by atoms with E-state index in [2.05, 4.69) is 6.92 Å².